The van der Waals surface area contributed by atoms with E-state index < -0.39 is 23.9 Å². The van der Waals surface area contributed by atoms with Crippen molar-refractivity contribution in [2.45, 2.75) is 77.7 Å². The number of phenols is 1. The summed E-state index contributed by atoms with van der Waals surface area (Å²) < 4.78 is 86.5. The van der Waals surface area contributed by atoms with Crippen LogP contribution in [0.5, 0.6) is 11.5 Å². The number of rotatable bonds is 17. The van der Waals surface area contributed by atoms with Crippen molar-refractivity contribution in [3.05, 3.63) is 52.8 Å². The molecule has 0 fully saturated rings. The maximum absolute atomic E-state index is 14.0. The van der Waals surface area contributed by atoms with Gasteiger partial charge in [0.25, 0.3) is 5.91 Å². The molecule has 0 saturated carbocycles. The molecular weight excluding hydrogens is 693 g/mol. The molecule has 0 saturated heterocycles. The molecule has 4 N–H and O–H groups in total. The van der Waals surface area contributed by atoms with Gasteiger partial charge in [0.1, 0.15) is 17.3 Å². The predicted octanol–water partition coefficient (Wildman–Crippen LogP) is 5.18. The fourth-order valence-electron chi connectivity index (χ4n) is 5.04. The highest BCUT2D eigenvalue weighted by atomic mass is 19.4. The average Bonchev–Trinajstić information content (AvgIpc) is 3.06. The van der Waals surface area contributed by atoms with Crippen LogP contribution in [0.2, 0.25) is 0 Å². The number of anilines is 1. The third-order valence-electron chi connectivity index (χ3n) is 7.77. The number of phenolic OH excluding ortho intramolecular Hbond substituents is 1. The number of alkyl halides is 6. The van der Waals surface area contributed by atoms with Crippen LogP contribution in [0.1, 0.15) is 56.2 Å². The summed E-state index contributed by atoms with van der Waals surface area (Å²) in [6, 6.07) is 8.66. The number of ketones is 2. The minimum absolute atomic E-state index is 0.0122. The van der Waals surface area contributed by atoms with Gasteiger partial charge in [-0.3, -0.25) is 19.2 Å². The molecule has 0 spiro atoms. The van der Waals surface area contributed by atoms with Crippen molar-refractivity contribution in [1.82, 2.24) is 15.5 Å². The Bertz CT molecular complexity index is 1480. The molecule has 3 rings (SSSR count). The van der Waals surface area contributed by atoms with E-state index in [-0.39, 0.29) is 36.0 Å². The summed E-state index contributed by atoms with van der Waals surface area (Å²) in [5.41, 5.74) is 2.95. The van der Waals surface area contributed by atoms with Crippen molar-refractivity contribution >= 4 is 29.1 Å². The number of hydrogen-bond acceptors (Lipinski definition) is 8. The van der Waals surface area contributed by atoms with Gasteiger partial charge in [-0.2, -0.15) is 26.3 Å². The molecule has 0 aromatic heterocycles. The number of amides is 2. The maximum atomic E-state index is 14.0. The molecular formula is C34H43F7N4O6. The number of nitrogens with zero attached hydrogens (tertiary/aromatic N) is 1. The highest BCUT2D eigenvalue weighted by molar-refractivity contribution is 6.41. The first-order valence-corrected chi connectivity index (χ1v) is 16.3. The molecule has 1 aliphatic heterocycles. The number of fused-ring (bicyclic) bond motifs is 1. The molecule has 1 atom stereocenters. The zero-order chi connectivity index (χ0) is 38.4. The van der Waals surface area contributed by atoms with E-state index in [0.29, 0.717) is 69.0 Å². The number of aryl methyl sites for hydroxylation is 1. The van der Waals surface area contributed by atoms with Gasteiger partial charge in [0.2, 0.25) is 5.91 Å². The Balaban J connectivity index is 0.000000641. The standard InChI is InChI=1S/C30H43FN4O4.C4F6O2/c1-4-5-6-22(3)35(28(38)13-16-32-15-12-24-19-21(2)7-9-25(24)31)18-17-33-14-11-23-8-10-26(36)29-30(23)39-20-27(37)34-29;5-3(6,7)1(11)2(12)4(8,9)10/h7-10,19,22,32-33,36H,4-6,11-18,20H2,1-3H3,(H,34,37);/t22-;/m1./s1. The van der Waals surface area contributed by atoms with Crippen LogP contribution in [0.15, 0.2) is 30.3 Å². The van der Waals surface area contributed by atoms with Gasteiger partial charge in [-0.05, 0) is 69.5 Å². The SMILES string of the molecule is CCCC[C@@H](C)N(CCNCCc1ccc(O)c2c1OCC(=O)N2)C(=O)CCNCCc1cc(C)ccc1F.O=C(C(=O)C(F)(F)F)C(F)(F)F. The van der Waals surface area contributed by atoms with Crippen molar-refractivity contribution in [3.8, 4) is 11.5 Å². The van der Waals surface area contributed by atoms with Crippen LogP contribution in [0.3, 0.4) is 0 Å². The first-order valence-electron chi connectivity index (χ1n) is 16.3. The van der Waals surface area contributed by atoms with Gasteiger partial charge in [0, 0.05) is 32.1 Å². The predicted molar refractivity (Wildman–Crippen MR) is 174 cm³/mol. The highest BCUT2D eigenvalue weighted by Crippen LogP contribution is 2.39. The number of Topliss-reactive ketones (excluding diaryl/α,β-unsaturated/α-hetero) is 2. The lowest BCUT2D eigenvalue weighted by Crippen LogP contribution is -2.43. The smallest absolute Gasteiger partial charge is 0.458 e. The molecule has 0 radical (unpaired) electrons. The summed E-state index contributed by atoms with van der Waals surface area (Å²) in [5.74, 6) is -6.67. The molecule has 0 unspecified atom stereocenters. The quantitative estimate of drug-likeness (QED) is 0.0756. The summed E-state index contributed by atoms with van der Waals surface area (Å²) in [6.07, 6.45) is -6.78. The van der Waals surface area contributed by atoms with Gasteiger partial charge in [-0.25, -0.2) is 4.39 Å². The van der Waals surface area contributed by atoms with Crippen molar-refractivity contribution in [2.75, 3.05) is 44.6 Å². The normalized spacial score (nSPS) is 13.3. The van der Waals surface area contributed by atoms with Crippen molar-refractivity contribution in [1.29, 1.82) is 0 Å². The minimum Gasteiger partial charge on any atom is -0.506 e. The van der Waals surface area contributed by atoms with Gasteiger partial charge in [0.05, 0.1) is 0 Å². The molecule has 2 aromatic rings. The number of carbonyl (C=O) groups is 4. The number of halogens is 7. The van der Waals surface area contributed by atoms with E-state index >= 15 is 0 Å². The first kappa shape index (κ1) is 42.9. The van der Waals surface area contributed by atoms with Crippen LogP contribution >= 0.6 is 0 Å². The monoisotopic (exact) mass is 736 g/mol. The zero-order valence-corrected chi connectivity index (χ0v) is 28.5. The molecule has 0 aliphatic carbocycles. The molecule has 51 heavy (non-hydrogen) atoms. The van der Waals surface area contributed by atoms with Crippen LogP contribution in [0.25, 0.3) is 0 Å². The van der Waals surface area contributed by atoms with Crippen molar-refractivity contribution < 1.29 is 59.8 Å². The van der Waals surface area contributed by atoms with Crippen molar-refractivity contribution in [3.63, 3.8) is 0 Å². The van der Waals surface area contributed by atoms with Gasteiger partial charge in [-0.15, -0.1) is 0 Å². The van der Waals surface area contributed by atoms with E-state index in [0.717, 1.165) is 30.4 Å². The number of hydrogen-bond donors (Lipinski definition) is 4. The third kappa shape index (κ3) is 14.1. The number of carbonyl (C=O) groups excluding carboxylic acids is 4. The summed E-state index contributed by atoms with van der Waals surface area (Å²) in [7, 11) is 0. The second-order valence-corrected chi connectivity index (χ2v) is 11.9. The van der Waals surface area contributed by atoms with Gasteiger partial charge < -0.3 is 30.7 Å². The summed E-state index contributed by atoms with van der Waals surface area (Å²) in [6.45, 7) is 9.24. The molecule has 1 aliphatic rings. The van der Waals surface area contributed by atoms with Gasteiger partial charge >= 0.3 is 23.9 Å². The Morgan fingerprint density at radius 2 is 1.55 bits per heavy atom. The first-order chi connectivity index (χ1) is 23.9. The number of unbranched alkanes of at least 4 members (excludes halogenated alkanes) is 1. The number of aromatic hydroxyl groups is 1. The Kier molecular flexibility index (Phi) is 16.8. The Morgan fingerprint density at radius 1 is 0.941 bits per heavy atom. The molecule has 0 bridgehead atoms. The van der Waals surface area contributed by atoms with Crippen molar-refractivity contribution in [2.24, 2.45) is 0 Å². The number of nitrogens with one attached hydrogen (secondary N) is 3. The number of ether oxygens (including phenoxy) is 1. The van der Waals surface area contributed by atoms with Gasteiger partial charge in [0.15, 0.2) is 12.4 Å². The zero-order valence-electron chi connectivity index (χ0n) is 28.5. The topological polar surface area (TPSA) is 137 Å². The largest absolute Gasteiger partial charge is 0.506 e. The molecule has 2 amide bonds. The van der Waals surface area contributed by atoms with Crippen LogP contribution < -0.4 is 20.7 Å². The van der Waals surface area contributed by atoms with E-state index in [1.165, 1.54) is 6.07 Å². The van der Waals surface area contributed by atoms with Gasteiger partial charge in [-0.1, -0.05) is 43.5 Å². The van der Waals surface area contributed by atoms with E-state index in [4.69, 9.17) is 4.74 Å². The Morgan fingerprint density at radius 3 is 2.16 bits per heavy atom. The Hall–Kier alpha value is -4.25. The fraction of sp³-hybridized carbons (Fsp3) is 0.529. The average molecular weight is 737 g/mol. The molecule has 284 valence electrons. The van der Waals surface area contributed by atoms with E-state index in [1.807, 2.05) is 17.9 Å². The third-order valence-corrected chi connectivity index (χ3v) is 7.77. The molecule has 1 heterocycles. The van der Waals surface area contributed by atoms with Crippen LogP contribution in [0, 0.1) is 12.7 Å². The second kappa shape index (κ2) is 20.0. The van der Waals surface area contributed by atoms with Crippen LogP contribution in [-0.2, 0) is 32.0 Å². The summed E-state index contributed by atoms with van der Waals surface area (Å²) in [5, 5.41) is 19.4. The van der Waals surface area contributed by atoms with E-state index in [1.54, 1.807) is 18.2 Å². The fourth-order valence-corrected chi connectivity index (χ4v) is 5.04. The Labute approximate surface area is 291 Å². The minimum atomic E-state index is -5.77. The molecule has 17 heteroatoms. The molecule has 2 aromatic carbocycles. The van der Waals surface area contributed by atoms with Crippen LogP contribution in [-0.4, -0.2) is 91.1 Å². The van der Waals surface area contributed by atoms with E-state index in [9.17, 15) is 55.0 Å². The number of benzene rings is 2. The maximum Gasteiger partial charge on any atom is 0.458 e. The van der Waals surface area contributed by atoms with E-state index in [2.05, 4.69) is 29.8 Å². The summed E-state index contributed by atoms with van der Waals surface area (Å²) >= 11 is 0. The second-order valence-electron chi connectivity index (χ2n) is 11.9. The lowest BCUT2D eigenvalue weighted by Gasteiger charge is -2.30. The lowest BCUT2D eigenvalue weighted by atomic mass is 10.1. The highest BCUT2D eigenvalue weighted by Gasteiger charge is 2.54. The van der Waals surface area contributed by atoms with Crippen LogP contribution in [0.4, 0.5) is 36.4 Å². The molecule has 10 nitrogen and oxygen atoms in total. The lowest BCUT2D eigenvalue weighted by molar-refractivity contribution is -0.193. The summed E-state index contributed by atoms with van der Waals surface area (Å²) in [4.78, 5) is 45.9.